The third kappa shape index (κ3) is 3.54. The van der Waals surface area contributed by atoms with Crippen LogP contribution in [0, 0.1) is 0 Å². The minimum Gasteiger partial charge on any atom is -0.380 e. The van der Waals surface area contributed by atoms with Crippen molar-refractivity contribution in [3.05, 3.63) is 12.7 Å². The number of ether oxygens (including phenoxy) is 1. The normalized spacial score (nSPS) is 15.9. The molecular weight excluding hydrogens is 138 g/mol. The highest BCUT2D eigenvalue weighted by atomic mass is 16.5. The van der Waals surface area contributed by atoms with E-state index in [1.54, 1.807) is 7.11 Å². The maximum absolute atomic E-state index is 5.30. The second kappa shape index (κ2) is 6.38. The minimum absolute atomic E-state index is 0.266. The summed E-state index contributed by atoms with van der Waals surface area (Å²) in [5, 5.41) is 3.14. The third-order valence-corrected chi connectivity index (χ3v) is 1.86. The highest BCUT2D eigenvalue weighted by Crippen LogP contribution is 2.06. The topological polar surface area (TPSA) is 21.3 Å². The molecule has 0 fully saturated rings. The molecule has 0 saturated carbocycles. The van der Waals surface area contributed by atoms with Crippen LogP contribution in [0.4, 0.5) is 0 Å². The maximum atomic E-state index is 5.30. The molecule has 0 bridgehead atoms. The first-order valence-corrected chi connectivity index (χ1v) is 4.12. The van der Waals surface area contributed by atoms with Gasteiger partial charge in [-0.15, -0.1) is 6.58 Å². The Bertz CT molecular complexity index is 104. The molecule has 2 nitrogen and oxygen atoms in total. The van der Waals surface area contributed by atoms with Crippen molar-refractivity contribution in [1.29, 1.82) is 0 Å². The van der Waals surface area contributed by atoms with E-state index in [1.165, 1.54) is 0 Å². The average molecular weight is 157 g/mol. The summed E-state index contributed by atoms with van der Waals surface area (Å²) >= 11 is 0. The van der Waals surface area contributed by atoms with E-state index in [9.17, 15) is 0 Å². The summed E-state index contributed by atoms with van der Waals surface area (Å²) in [6, 6.07) is 0.278. The van der Waals surface area contributed by atoms with E-state index in [1.807, 2.05) is 13.1 Å². The zero-order chi connectivity index (χ0) is 8.69. The largest absolute Gasteiger partial charge is 0.380 e. The fourth-order valence-electron chi connectivity index (χ4n) is 1.18. The van der Waals surface area contributed by atoms with E-state index in [0.717, 1.165) is 12.8 Å². The summed E-state index contributed by atoms with van der Waals surface area (Å²) in [4.78, 5) is 0. The van der Waals surface area contributed by atoms with Gasteiger partial charge >= 0.3 is 0 Å². The van der Waals surface area contributed by atoms with Gasteiger partial charge < -0.3 is 10.1 Å². The SMILES string of the molecule is C=CC(NC)C(CCC)OC. The van der Waals surface area contributed by atoms with E-state index in [2.05, 4.69) is 18.8 Å². The lowest BCUT2D eigenvalue weighted by Crippen LogP contribution is -2.36. The van der Waals surface area contributed by atoms with E-state index < -0.39 is 0 Å². The van der Waals surface area contributed by atoms with E-state index in [4.69, 9.17) is 4.74 Å². The summed E-state index contributed by atoms with van der Waals surface area (Å²) in [6.07, 6.45) is 4.38. The van der Waals surface area contributed by atoms with Crippen molar-refractivity contribution in [2.45, 2.75) is 31.9 Å². The zero-order valence-electron chi connectivity index (χ0n) is 7.76. The first-order chi connectivity index (χ1) is 5.29. The number of nitrogens with one attached hydrogen (secondary N) is 1. The van der Waals surface area contributed by atoms with Gasteiger partial charge in [0.05, 0.1) is 12.1 Å². The number of methoxy groups -OCH3 is 1. The molecule has 0 rings (SSSR count). The van der Waals surface area contributed by atoms with Crippen molar-refractivity contribution in [2.75, 3.05) is 14.2 Å². The second-order valence-electron chi connectivity index (χ2n) is 2.61. The van der Waals surface area contributed by atoms with Crippen LogP contribution in [0.15, 0.2) is 12.7 Å². The third-order valence-electron chi connectivity index (χ3n) is 1.86. The molecular formula is C9H19NO. The molecule has 0 aromatic heterocycles. The number of hydrogen-bond donors (Lipinski definition) is 1. The smallest absolute Gasteiger partial charge is 0.0759 e. The molecule has 0 spiro atoms. The molecule has 0 aliphatic heterocycles. The van der Waals surface area contributed by atoms with Gasteiger partial charge in [0.2, 0.25) is 0 Å². The van der Waals surface area contributed by atoms with Crippen molar-refractivity contribution in [3.8, 4) is 0 Å². The van der Waals surface area contributed by atoms with Crippen LogP contribution in [-0.2, 0) is 4.74 Å². The quantitative estimate of drug-likeness (QED) is 0.591. The van der Waals surface area contributed by atoms with Crippen molar-refractivity contribution in [3.63, 3.8) is 0 Å². The highest BCUT2D eigenvalue weighted by molar-refractivity contribution is 4.90. The van der Waals surface area contributed by atoms with Crippen LogP contribution in [0.1, 0.15) is 19.8 Å². The van der Waals surface area contributed by atoms with Crippen LogP contribution in [0.3, 0.4) is 0 Å². The Morgan fingerprint density at radius 1 is 1.64 bits per heavy atom. The van der Waals surface area contributed by atoms with E-state index >= 15 is 0 Å². The summed E-state index contributed by atoms with van der Waals surface area (Å²) in [6.45, 7) is 5.90. The van der Waals surface area contributed by atoms with Gasteiger partial charge in [-0.25, -0.2) is 0 Å². The van der Waals surface area contributed by atoms with Gasteiger partial charge in [-0.05, 0) is 13.5 Å². The molecule has 66 valence electrons. The molecule has 11 heavy (non-hydrogen) atoms. The highest BCUT2D eigenvalue weighted by Gasteiger charge is 2.14. The van der Waals surface area contributed by atoms with Crippen molar-refractivity contribution in [1.82, 2.24) is 5.32 Å². The van der Waals surface area contributed by atoms with Gasteiger partial charge in [-0.1, -0.05) is 19.4 Å². The summed E-state index contributed by atoms with van der Waals surface area (Å²) in [7, 11) is 3.67. The molecule has 0 aromatic rings. The summed E-state index contributed by atoms with van der Waals surface area (Å²) in [5.74, 6) is 0. The molecule has 2 unspecified atom stereocenters. The molecule has 0 saturated heterocycles. The first kappa shape index (κ1) is 10.7. The minimum atomic E-state index is 0.266. The Balaban J connectivity index is 3.86. The van der Waals surface area contributed by atoms with Crippen LogP contribution in [0.25, 0.3) is 0 Å². The number of rotatable bonds is 6. The Hall–Kier alpha value is -0.340. The molecule has 0 aliphatic rings. The monoisotopic (exact) mass is 157 g/mol. The van der Waals surface area contributed by atoms with Gasteiger partial charge in [0, 0.05) is 7.11 Å². The lowest BCUT2D eigenvalue weighted by atomic mass is 10.1. The summed E-state index contributed by atoms with van der Waals surface area (Å²) < 4.78 is 5.30. The molecule has 0 aromatic carbocycles. The van der Waals surface area contributed by atoms with Crippen LogP contribution < -0.4 is 5.32 Å². The summed E-state index contributed by atoms with van der Waals surface area (Å²) in [5.41, 5.74) is 0. The first-order valence-electron chi connectivity index (χ1n) is 4.12. The molecule has 0 heterocycles. The second-order valence-corrected chi connectivity index (χ2v) is 2.61. The van der Waals surface area contributed by atoms with Crippen LogP contribution >= 0.6 is 0 Å². The Morgan fingerprint density at radius 2 is 2.27 bits per heavy atom. The molecule has 1 N–H and O–H groups in total. The standard InChI is InChI=1S/C9H19NO/c1-5-7-9(11-4)8(6-2)10-3/h6,8-10H,2,5,7H2,1,3-4H3. The zero-order valence-corrected chi connectivity index (χ0v) is 7.76. The van der Waals surface area contributed by atoms with Crippen molar-refractivity contribution >= 4 is 0 Å². The molecule has 0 aliphatic carbocycles. The van der Waals surface area contributed by atoms with Gasteiger partial charge in [0.1, 0.15) is 0 Å². The Kier molecular flexibility index (Phi) is 6.18. The van der Waals surface area contributed by atoms with Crippen molar-refractivity contribution in [2.24, 2.45) is 0 Å². The van der Waals surface area contributed by atoms with Gasteiger partial charge in [0.25, 0.3) is 0 Å². The van der Waals surface area contributed by atoms with E-state index in [-0.39, 0.29) is 12.1 Å². The van der Waals surface area contributed by atoms with Crippen molar-refractivity contribution < 1.29 is 4.74 Å². The van der Waals surface area contributed by atoms with Crippen LogP contribution in [0.2, 0.25) is 0 Å². The molecule has 2 heteroatoms. The van der Waals surface area contributed by atoms with Gasteiger partial charge in [-0.2, -0.15) is 0 Å². The predicted octanol–water partition coefficient (Wildman–Crippen LogP) is 1.58. The molecule has 0 radical (unpaired) electrons. The molecule has 2 atom stereocenters. The number of hydrogen-bond acceptors (Lipinski definition) is 2. The van der Waals surface area contributed by atoms with Gasteiger partial charge in [0.15, 0.2) is 0 Å². The lowest BCUT2D eigenvalue weighted by Gasteiger charge is -2.21. The van der Waals surface area contributed by atoms with E-state index in [0.29, 0.717) is 0 Å². The fraction of sp³-hybridized carbons (Fsp3) is 0.778. The fourth-order valence-corrected chi connectivity index (χ4v) is 1.18. The predicted molar refractivity (Wildman–Crippen MR) is 48.7 cm³/mol. The average Bonchev–Trinajstić information content (AvgIpc) is 2.05. The van der Waals surface area contributed by atoms with Crippen LogP contribution in [0.5, 0.6) is 0 Å². The Labute approximate surface area is 69.6 Å². The maximum Gasteiger partial charge on any atom is 0.0759 e. The lowest BCUT2D eigenvalue weighted by molar-refractivity contribution is 0.0765. The molecule has 0 amide bonds. The number of likely N-dealkylation sites (N-methyl/N-ethyl adjacent to an activating group) is 1. The van der Waals surface area contributed by atoms with Crippen LogP contribution in [-0.4, -0.2) is 26.3 Å². The van der Waals surface area contributed by atoms with Gasteiger partial charge in [-0.3, -0.25) is 0 Å². The Morgan fingerprint density at radius 3 is 2.55 bits per heavy atom.